The van der Waals surface area contributed by atoms with Crippen LogP contribution >= 0.6 is 0 Å². The fraction of sp³-hybridized carbons (Fsp3) is 1.00. The fourth-order valence-corrected chi connectivity index (χ4v) is 4.31. The molecule has 0 saturated carbocycles. The highest BCUT2D eigenvalue weighted by molar-refractivity contribution is 6.69. The first-order valence-electron chi connectivity index (χ1n) is 14.6. The highest BCUT2D eigenvalue weighted by atomic mass is 28.4. The van der Waals surface area contributed by atoms with Crippen molar-refractivity contribution in [1.29, 1.82) is 0 Å². The van der Waals surface area contributed by atoms with Crippen LogP contribution < -0.4 is 0 Å². The fourth-order valence-electron chi connectivity index (χ4n) is 3.61. The summed E-state index contributed by atoms with van der Waals surface area (Å²) in [4.78, 5) is 0. The van der Waals surface area contributed by atoms with E-state index in [0.717, 1.165) is 13.0 Å². The van der Waals surface area contributed by atoms with E-state index < -0.39 is 8.32 Å². The Morgan fingerprint density at radius 3 is 0.971 bits per heavy atom. The molecule has 0 saturated heterocycles. The number of hydrogen-bond acceptors (Lipinski definition) is 6. The lowest BCUT2D eigenvalue weighted by Gasteiger charge is -2.16. The van der Waals surface area contributed by atoms with Crippen LogP contribution in [0.15, 0.2) is 0 Å². The summed E-state index contributed by atoms with van der Waals surface area (Å²) >= 11 is 0. The maximum absolute atomic E-state index is 5.72. The van der Waals surface area contributed by atoms with Crippen molar-refractivity contribution >= 4 is 8.32 Å². The molecule has 7 heteroatoms. The zero-order valence-corrected chi connectivity index (χ0v) is 24.9. The van der Waals surface area contributed by atoms with Gasteiger partial charge in [0.25, 0.3) is 0 Å². The number of rotatable bonds is 30. The summed E-state index contributed by atoms with van der Waals surface area (Å²) in [5.41, 5.74) is 0. The minimum atomic E-state index is -1.42. The van der Waals surface area contributed by atoms with Gasteiger partial charge in [0, 0.05) is 6.61 Å². The molecule has 0 N–H and O–H groups in total. The van der Waals surface area contributed by atoms with E-state index in [4.69, 9.17) is 28.1 Å². The van der Waals surface area contributed by atoms with E-state index in [1.54, 1.807) is 0 Å². The second-order valence-electron chi connectivity index (χ2n) is 10.3. The number of hydrogen-bond donors (Lipinski definition) is 0. The summed E-state index contributed by atoms with van der Waals surface area (Å²) in [5.74, 6) is 0. The number of ether oxygens (including phenoxy) is 5. The molecule has 0 radical (unpaired) electrons. The predicted octanol–water partition coefficient (Wildman–Crippen LogP) is 7.01. The molecule has 0 fully saturated rings. The highest BCUT2D eigenvalue weighted by Crippen LogP contribution is 2.12. The molecular weight excluding hydrogens is 460 g/mol. The van der Waals surface area contributed by atoms with E-state index in [9.17, 15) is 0 Å². The standard InChI is InChI=1S/C28H60O6Si/c1-5-6-7-8-9-10-11-12-13-14-15-16-17-18-29-19-20-30-21-22-31-23-24-32-25-26-33-27-28-34-35(2,3)4/h5-28H2,1-4H3. The summed E-state index contributed by atoms with van der Waals surface area (Å²) in [5, 5.41) is 0. The van der Waals surface area contributed by atoms with Gasteiger partial charge in [-0.05, 0) is 26.1 Å². The largest absolute Gasteiger partial charge is 0.415 e. The molecule has 0 aliphatic heterocycles. The van der Waals surface area contributed by atoms with Gasteiger partial charge in [-0.15, -0.1) is 0 Å². The van der Waals surface area contributed by atoms with Crippen molar-refractivity contribution < 1.29 is 28.1 Å². The van der Waals surface area contributed by atoms with Crippen LogP contribution in [0.1, 0.15) is 90.4 Å². The van der Waals surface area contributed by atoms with Crippen molar-refractivity contribution in [3.8, 4) is 0 Å². The van der Waals surface area contributed by atoms with Gasteiger partial charge in [0.2, 0.25) is 0 Å². The molecule has 0 aromatic rings. The molecule has 212 valence electrons. The van der Waals surface area contributed by atoms with Gasteiger partial charge >= 0.3 is 0 Å². The van der Waals surface area contributed by atoms with Crippen LogP contribution in [0, 0.1) is 0 Å². The quantitative estimate of drug-likeness (QED) is 0.0750. The van der Waals surface area contributed by atoms with Gasteiger partial charge in [0.15, 0.2) is 8.32 Å². The summed E-state index contributed by atoms with van der Waals surface area (Å²) in [6.07, 6.45) is 17.9. The van der Waals surface area contributed by atoms with Crippen LogP contribution in [0.25, 0.3) is 0 Å². The minimum absolute atomic E-state index is 0.580. The summed E-state index contributed by atoms with van der Waals surface area (Å²) in [6, 6.07) is 0. The SMILES string of the molecule is CCCCCCCCCCCCCCCOCCOCCOCCOCCOCCO[Si](C)(C)C. The molecule has 0 aromatic carbocycles. The number of unbranched alkanes of at least 4 members (excludes halogenated alkanes) is 12. The Kier molecular flexibility index (Phi) is 28.5. The topological polar surface area (TPSA) is 55.4 Å². The maximum atomic E-state index is 5.72. The second kappa shape index (κ2) is 28.5. The predicted molar refractivity (Wildman–Crippen MR) is 149 cm³/mol. The average molecular weight is 521 g/mol. The minimum Gasteiger partial charge on any atom is -0.415 e. The zero-order valence-electron chi connectivity index (χ0n) is 23.9. The van der Waals surface area contributed by atoms with Gasteiger partial charge in [0.05, 0.1) is 66.1 Å². The highest BCUT2D eigenvalue weighted by Gasteiger charge is 2.13. The monoisotopic (exact) mass is 520 g/mol. The van der Waals surface area contributed by atoms with E-state index in [-0.39, 0.29) is 0 Å². The van der Waals surface area contributed by atoms with Crippen molar-refractivity contribution in [3.63, 3.8) is 0 Å². The third kappa shape index (κ3) is 34.0. The first kappa shape index (κ1) is 35.0. The van der Waals surface area contributed by atoms with E-state index in [0.29, 0.717) is 66.1 Å². The molecule has 0 bridgehead atoms. The molecular formula is C28H60O6Si. The summed E-state index contributed by atoms with van der Waals surface area (Å²) < 4.78 is 33.4. The van der Waals surface area contributed by atoms with Gasteiger partial charge in [-0.3, -0.25) is 0 Å². The Bertz CT molecular complexity index is 392. The van der Waals surface area contributed by atoms with Crippen molar-refractivity contribution in [1.82, 2.24) is 0 Å². The van der Waals surface area contributed by atoms with Crippen molar-refractivity contribution in [2.75, 3.05) is 72.7 Å². The molecule has 0 aliphatic carbocycles. The van der Waals surface area contributed by atoms with Crippen LogP contribution in [0.5, 0.6) is 0 Å². The Hall–Kier alpha value is -0.0231. The Balaban J connectivity index is 3.03. The van der Waals surface area contributed by atoms with Gasteiger partial charge in [-0.25, -0.2) is 0 Å². The van der Waals surface area contributed by atoms with Crippen molar-refractivity contribution in [2.45, 2.75) is 110 Å². The van der Waals surface area contributed by atoms with E-state index in [1.807, 2.05) is 0 Å². The third-order valence-corrected chi connectivity index (χ3v) is 6.71. The van der Waals surface area contributed by atoms with Crippen LogP contribution in [-0.2, 0) is 28.1 Å². The molecule has 0 heterocycles. The Morgan fingerprint density at radius 2 is 0.629 bits per heavy atom. The first-order chi connectivity index (χ1) is 17.1. The van der Waals surface area contributed by atoms with Crippen molar-refractivity contribution in [3.05, 3.63) is 0 Å². The van der Waals surface area contributed by atoms with Gasteiger partial charge < -0.3 is 28.1 Å². The molecule has 6 nitrogen and oxygen atoms in total. The zero-order chi connectivity index (χ0) is 25.7. The maximum Gasteiger partial charge on any atom is 0.183 e. The van der Waals surface area contributed by atoms with Crippen LogP contribution in [0.3, 0.4) is 0 Å². The third-order valence-electron chi connectivity index (χ3n) is 5.64. The molecule has 0 atom stereocenters. The van der Waals surface area contributed by atoms with Crippen molar-refractivity contribution in [2.24, 2.45) is 0 Å². The average Bonchev–Trinajstić information content (AvgIpc) is 2.82. The first-order valence-corrected chi connectivity index (χ1v) is 18.0. The smallest absolute Gasteiger partial charge is 0.183 e. The lowest BCUT2D eigenvalue weighted by atomic mass is 10.0. The molecule has 0 spiro atoms. The Morgan fingerprint density at radius 1 is 0.343 bits per heavy atom. The van der Waals surface area contributed by atoms with Crippen LogP contribution in [0.2, 0.25) is 19.6 Å². The van der Waals surface area contributed by atoms with Crippen LogP contribution in [0.4, 0.5) is 0 Å². The van der Waals surface area contributed by atoms with E-state index >= 15 is 0 Å². The summed E-state index contributed by atoms with van der Waals surface area (Å²) in [6.45, 7) is 15.8. The molecule has 0 aliphatic rings. The van der Waals surface area contributed by atoms with Gasteiger partial charge in [-0.2, -0.15) is 0 Å². The van der Waals surface area contributed by atoms with Gasteiger partial charge in [-0.1, -0.05) is 84.0 Å². The van der Waals surface area contributed by atoms with Crippen LogP contribution in [-0.4, -0.2) is 81.0 Å². The molecule has 35 heavy (non-hydrogen) atoms. The second-order valence-corrected chi connectivity index (χ2v) is 14.8. The molecule has 0 rings (SSSR count). The lowest BCUT2D eigenvalue weighted by molar-refractivity contribution is -0.0130. The van der Waals surface area contributed by atoms with Gasteiger partial charge in [0.1, 0.15) is 0 Å². The van der Waals surface area contributed by atoms with E-state index in [1.165, 1.54) is 77.0 Å². The molecule has 0 aromatic heterocycles. The molecule has 0 amide bonds. The lowest BCUT2D eigenvalue weighted by Crippen LogP contribution is -2.27. The Labute approximate surface area is 219 Å². The summed E-state index contributed by atoms with van der Waals surface area (Å²) in [7, 11) is -1.42. The molecule has 0 unspecified atom stereocenters. The normalized spacial score (nSPS) is 12.0. The van der Waals surface area contributed by atoms with E-state index in [2.05, 4.69) is 26.6 Å².